The Bertz CT molecular complexity index is 891. The van der Waals surface area contributed by atoms with Crippen LogP contribution in [0.2, 0.25) is 0 Å². The van der Waals surface area contributed by atoms with Crippen molar-refractivity contribution >= 4 is 33.5 Å². The zero-order valence-electron chi connectivity index (χ0n) is 15.8. The van der Waals surface area contributed by atoms with E-state index in [0.29, 0.717) is 11.1 Å². The third-order valence-corrected chi connectivity index (χ3v) is 6.05. The first kappa shape index (κ1) is 18.9. The van der Waals surface area contributed by atoms with E-state index in [2.05, 4.69) is 55.8 Å². The van der Waals surface area contributed by atoms with Gasteiger partial charge in [0.15, 0.2) is 0 Å². The summed E-state index contributed by atoms with van der Waals surface area (Å²) in [6, 6.07) is 13.8. The summed E-state index contributed by atoms with van der Waals surface area (Å²) in [5, 5.41) is 9.72. The van der Waals surface area contributed by atoms with E-state index in [1.165, 1.54) is 17.5 Å². The van der Waals surface area contributed by atoms with Gasteiger partial charge in [0.1, 0.15) is 0 Å². The summed E-state index contributed by atoms with van der Waals surface area (Å²) < 4.78 is 0.871. The van der Waals surface area contributed by atoms with Crippen LogP contribution in [0.5, 0.6) is 0 Å². The van der Waals surface area contributed by atoms with Crippen molar-refractivity contribution < 1.29 is 9.90 Å². The standard InChI is InChI=1S/C23H25BrO2/c1-22(2)10-11-23(3,4)20-13-15(8-9-19(20)22)12-18(21(25)26)16-6-5-7-17(24)14-16/h5-9,12-14H,10-11H2,1-4H3,(H,25,26)/b18-12+. The first-order chi connectivity index (χ1) is 12.1. The van der Waals surface area contributed by atoms with E-state index in [1.54, 1.807) is 6.08 Å². The first-order valence-corrected chi connectivity index (χ1v) is 9.75. The summed E-state index contributed by atoms with van der Waals surface area (Å²) in [6.07, 6.45) is 4.08. The largest absolute Gasteiger partial charge is 0.478 e. The summed E-state index contributed by atoms with van der Waals surface area (Å²) in [6.45, 7) is 9.14. The van der Waals surface area contributed by atoms with Crippen molar-refractivity contribution in [1.82, 2.24) is 0 Å². The number of halogens is 1. The van der Waals surface area contributed by atoms with Crippen LogP contribution in [0, 0.1) is 0 Å². The van der Waals surface area contributed by atoms with Crippen LogP contribution in [0.4, 0.5) is 0 Å². The zero-order valence-corrected chi connectivity index (χ0v) is 17.4. The lowest BCUT2D eigenvalue weighted by atomic mass is 9.63. The second-order valence-electron chi connectivity index (χ2n) is 8.45. The Morgan fingerprint density at radius 1 is 1.00 bits per heavy atom. The van der Waals surface area contributed by atoms with Gasteiger partial charge in [0, 0.05) is 4.47 Å². The summed E-state index contributed by atoms with van der Waals surface area (Å²) in [5.74, 6) is -0.916. The van der Waals surface area contributed by atoms with Crippen molar-refractivity contribution in [1.29, 1.82) is 0 Å². The number of fused-ring (bicyclic) bond motifs is 1. The van der Waals surface area contributed by atoms with Gasteiger partial charge in [0.2, 0.25) is 0 Å². The van der Waals surface area contributed by atoms with Gasteiger partial charge in [-0.25, -0.2) is 4.79 Å². The van der Waals surface area contributed by atoms with Gasteiger partial charge in [0.05, 0.1) is 5.57 Å². The highest BCUT2D eigenvalue weighted by molar-refractivity contribution is 9.10. The lowest BCUT2D eigenvalue weighted by Crippen LogP contribution is -2.33. The molecule has 2 aromatic rings. The Morgan fingerprint density at radius 2 is 1.65 bits per heavy atom. The molecule has 0 aromatic heterocycles. The minimum atomic E-state index is -0.916. The van der Waals surface area contributed by atoms with Crippen molar-refractivity contribution in [2.45, 2.75) is 51.4 Å². The number of carboxylic acids is 1. The highest BCUT2D eigenvalue weighted by atomic mass is 79.9. The molecular weight excluding hydrogens is 388 g/mol. The highest BCUT2D eigenvalue weighted by Crippen LogP contribution is 2.46. The molecule has 0 fully saturated rings. The van der Waals surface area contributed by atoms with Crippen LogP contribution in [-0.4, -0.2) is 11.1 Å². The molecule has 3 heteroatoms. The average Bonchev–Trinajstić information content (AvgIpc) is 2.56. The van der Waals surface area contributed by atoms with Crippen molar-refractivity contribution in [3.8, 4) is 0 Å². The molecule has 0 spiro atoms. The van der Waals surface area contributed by atoms with Crippen LogP contribution in [0.15, 0.2) is 46.9 Å². The Labute approximate surface area is 164 Å². The third kappa shape index (κ3) is 3.64. The third-order valence-electron chi connectivity index (χ3n) is 5.55. The number of hydrogen-bond donors (Lipinski definition) is 1. The number of aliphatic carboxylic acids is 1. The molecule has 0 unspecified atom stereocenters. The number of benzene rings is 2. The van der Waals surface area contributed by atoms with Crippen molar-refractivity contribution in [2.75, 3.05) is 0 Å². The predicted octanol–water partition coefficient (Wildman–Crippen LogP) is 6.42. The number of carbonyl (C=O) groups is 1. The van der Waals surface area contributed by atoms with Gasteiger partial charge >= 0.3 is 5.97 Å². The van der Waals surface area contributed by atoms with Crippen LogP contribution in [-0.2, 0) is 15.6 Å². The fourth-order valence-electron chi connectivity index (χ4n) is 3.79. The van der Waals surface area contributed by atoms with Crippen LogP contribution in [0.3, 0.4) is 0 Å². The molecule has 0 saturated heterocycles. The maximum absolute atomic E-state index is 11.9. The number of rotatable bonds is 3. The maximum atomic E-state index is 11.9. The maximum Gasteiger partial charge on any atom is 0.336 e. The fourth-order valence-corrected chi connectivity index (χ4v) is 4.19. The summed E-state index contributed by atoms with van der Waals surface area (Å²) >= 11 is 3.42. The summed E-state index contributed by atoms with van der Waals surface area (Å²) in [4.78, 5) is 11.9. The molecule has 3 rings (SSSR count). The minimum absolute atomic E-state index is 0.105. The van der Waals surface area contributed by atoms with Gasteiger partial charge in [-0.2, -0.15) is 0 Å². The molecule has 0 bridgehead atoms. The smallest absolute Gasteiger partial charge is 0.336 e. The Hall–Kier alpha value is -1.87. The molecule has 1 aliphatic carbocycles. The normalized spacial score (nSPS) is 18.3. The molecule has 0 heterocycles. The molecule has 0 aliphatic heterocycles. The van der Waals surface area contributed by atoms with E-state index in [4.69, 9.17) is 0 Å². The van der Waals surface area contributed by atoms with E-state index >= 15 is 0 Å². The number of hydrogen-bond acceptors (Lipinski definition) is 1. The average molecular weight is 413 g/mol. The molecule has 0 radical (unpaired) electrons. The van der Waals surface area contributed by atoms with E-state index in [-0.39, 0.29) is 10.8 Å². The van der Waals surface area contributed by atoms with Crippen molar-refractivity contribution in [3.63, 3.8) is 0 Å². The fraction of sp³-hybridized carbons (Fsp3) is 0.348. The molecule has 2 nitrogen and oxygen atoms in total. The molecule has 26 heavy (non-hydrogen) atoms. The van der Waals surface area contributed by atoms with E-state index in [9.17, 15) is 9.90 Å². The molecule has 2 aromatic carbocycles. The predicted molar refractivity (Wildman–Crippen MR) is 111 cm³/mol. The lowest BCUT2D eigenvalue weighted by molar-refractivity contribution is -0.130. The summed E-state index contributed by atoms with van der Waals surface area (Å²) in [7, 11) is 0. The summed E-state index contributed by atoms with van der Waals surface area (Å²) in [5.41, 5.74) is 4.92. The van der Waals surface area contributed by atoms with Gasteiger partial charge in [-0.05, 0) is 64.1 Å². The minimum Gasteiger partial charge on any atom is -0.478 e. The van der Waals surface area contributed by atoms with Gasteiger partial charge in [-0.15, -0.1) is 0 Å². The Balaban J connectivity index is 2.12. The highest BCUT2D eigenvalue weighted by Gasteiger charge is 2.36. The SMILES string of the molecule is CC1(C)CCC(C)(C)c2cc(/C=C(/C(=O)O)c3cccc(Br)c3)ccc21. The zero-order chi connectivity index (χ0) is 19.1. The van der Waals surface area contributed by atoms with Crippen molar-refractivity contribution in [2.24, 2.45) is 0 Å². The van der Waals surface area contributed by atoms with Gasteiger partial charge in [0.25, 0.3) is 0 Å². The molecule has 0 atom stereocenters. The monoisotopic (exact) mass is 412 g/mol. The van der Waals surface area contributed by atoms with Gasteiger partial charge < -0.3 is 5.11 Å². The topological polar surface area (TPSA) is 37.3 Å². The molecule has 1 aliphatic rings. The van der Waals surface area contributed by atoms with Crippen LogP contribution in [0.1, 0.15) is 62.8 Å². The van der Waals surface area contributed by atoms with Crippen LogP contribution in [0.25, 0.3) is 11.6 Å². The molecular formula is C23H25BrO2. The molecule has 136 valence electrons. The quantitative estimate of drug-likeness (QED) is 0.466. The van der Waals surface area contributed by atoms with Crippen LogP contribution < -0.4 is 0 Å². The van der Waals surface area contributed by atoms with Crippen LogP contribution >= 0.6 is 15.9 Å². The lowest BCUT2D eigenvalue weighted by Gasteiger charge is -2.42. The molecule has 1 N–H and O–H groups in total. The first-order valence-electron chi connectivity index (χ1n) is 8.96. The Kier molecular flexibility index (Phi) is 4.87. The molecule has 0 saturated carbocycles. The van der Waals surface area contributed by atoms with E-state index < -0.39 is 5.97 Å². The van der Waals surface area contributed by atoms with Gasteiger partial charge in [-0.1, -0.05) is 74.0 Å². The number of carboxylic acid groups (broad SMARTS) is 1. The van der Waals surface area contributed by atoms with Gasteiger partial charge in [-0.3, -0.25) is 0 Å². The van der Waals surface area contributed by atoms with E-state index in [0.717, 1.165) is 16.5 Å². The van der Waals surface area contributed by atoms with E-state index in [1.807, 2.05) is 30.3 Å². The molecule has 0 amide bonds. The second-order valence-corrected chi connectivity index (χ2v) is 9.36. The van der Waals surface area contributed by atoms with Crippen molar-refractivity contribution in [3.05, 3.63) is 69.2 Å². The Morgan fingerprint density at radius 3 is 2.27 bits per heavy atom. The second kappa shape index (κ2) is 6.70.